The molecule has 8 nitrogen and oxygen atoms in total. The monoisotopic (exact) mass is 392 g/mol. The van der Waals surface area contributed by atoms with Gasteiger partial charge in [0.15, 0.2) is 0 Å². The molecule has 8 heteroatoms. The van der Waals surface area contributed by atoms with Crippen molar-refractivity contribution in [3.63, 3.8) is 0 Å². The smallest absolute Gasteiger partial charge is 0.249 e. The second-order valence-corrected chi connectivity index (χ2v) is 6.58. The fourth-order valence-electron chi connectivity index (χ4n) is 3.21. The van der Waals surface area contributed by atoms with Crippen LogP contribution in [0, 0.1) is 0 Å². The van der Waals surface area contributed by atoms with E-state index in [-0.39, 0.29) is 18.2 Å². The molecule has 1 aliphatic rings. The van der Waals surface area contributed by atoms with E-state index >= 15 is 0 Å². The summed E-state index contributed by atoms with van der Waals surface area (Å²) in [6.45, 7) is 0. The Morgan fingerprint density at radius 1 is 1.10 bits per heavy atom. The summed E-state index contributed by atoms with van der Waals surface area (Å²) >= 11 is 0. The molecule has 2 heterocycles. The average Bonchev–Trinajstić information content (AvgIpc) is 3.17. The molecule has 0 radical (unpaired) electrons. The van der Waals surface area contributed by atoms with Crippen molar-refractivity contribution < 1.29 is 19.1 Å². The van der Waals surface area contributed by atoms with Gasteiger partial charge in [-0.2, -0.15) is 5.10 Å². The molecule has 4 rings (SSSR count). The molecule has 0 fully saturated rings. The molecule has 2 amide bonds. The molecule has 148 valence electrons. The van der Waals surface area contributed by atoms with Gasteiger partial charge in [-0.25, -0.2) is 4.68 Å². The lowest BCUT2D eigenvalue weighted by Gasteiger charge is -2.23. The number of aromatic nitrogens is 2. The van der Waals surface area contributed by atoms with Gasteiger partial charge in [-0.05, 0) is 36.4 Å². The number of ether oxygens (including phenoxy) is 2. The molecule has 1 aromatic heterocycles. The second-order valence-electron chi connectivity index (χ2n) is 6.58. The third kappa shape index (κ3) is 3.77. The van der Waals surface area contributed by atoms with Crippen LogP contribution in [0.15, 0.2) is 54.6 Å². The summed E-state index contributed by atoms with van der Waals surface area (Å²) in [5.41, 5.74) is 2.10. The molecule has 29 heavy (non-hydrogen) atoms. The number of nitrogens with zero attached hydrogens (tertiary/aromatic N) is 2. The van der Waals surface area contributed by atoms with E-state index < -0.39 is 6.04 Å². The van der Waals surface area contributed by atoms with E-state index in [4.69, 9.17) is 9.47 Å². The number of carbonyl (C=O) groups excluding carboxylic acids is 2. The summed E-state index contributed by atoms with van der Waals surface area (Å²) in [4.78, 5) is 25.0. The molecule has 2 N–H and O–H groups in total. The lowest BCUT2D eigenvalue weighted by molar-refractivity contribution is -0.125. The molecule has 0 spiro atoms. The van der Waals surface area contributed by atoms with Gasteiger partial charge in [0.05, 0.1) is 26.3 Å². The number of nitrogens with one attached hydrogen (secondary N) is 2. The Bertz CT molecular complexity index is 1060. The van der Waals surface area contributed by atoms with Crippen molar-refractivity contribution in [1.82, 2.24) is 9.78 Å². The fourth-order valence-corrected chi connectivity index (χ4v) is 3.21. The molecule has 1 atom stereocenters. The van der Waals surface area contributed by atoms with Gasteiger partial charge < -0.3 is 20.1 Å². The van der Waals surface area contributed by atoms with Crippen LogP contribution >= 0.6 is 0 Å². The maximum atomic E-state index is 12.9. The third-order valence-corrected chi connectivity index (χ3v) is 4.70. The van der Waals surface area contributed by atoms with Crippen molar-refractivity contribution in [1.29, 1.82) is 0 Å². The normalized spacial score (nSPS) is 15.2. The summed E-state index contributed by atoms with van der Waals surface area (Å²) in [7, 11) is 3.16. The Balaban J connectivity index is 1.61. The SMILES string of the molecule is COc1ccc(-c2cc3n(n2)C(C(=O)Nc2cccc(OC)c2)CC(=O)N3)cc1. The van der Waals surface area contributed by atoms with Crippen molar-refractivity contribution >= 4 is 23.3 Å². The summed E-state index contributed by atoms with van der Waals surface area (Å²) in [5, 5.41) is 10.2. The Hall–Kier alpha value is -3.81. The van der Waals surface area contributed by atoms with Crippen LogP contribution in [0.2, 0.25) is 0 Å². The zero-order valence-corrected chi connectivity index (χ0v) is 16.0. The van der Waals surface area contributed by atoms with Crippen LogP contribution in [-0.4, -0.2) is 35.8 Å². The summed E-state index contributed by atoms with van der Waals surface area (Å²) < 4.78 is 11.9. The van der Waals surface area contributed by atoms with Crippen molar-refractivity contribution in [2.24, 2.45) is 0 Å². The number of fused-ring (bicyclic) bond motifs is 1. The zero-order chi connectivity index (χ0) is 20.4. The molecule has 0 aliphatic carbocycles. The van der Waals surface area contributed by atoms with Crippen LogP contribution in [0.3, 0.4) is 0 Å². The highest BCUT2D eigenvalue weighted by atomic mass is 16.5. The number of amides is 2. The molecule has 1 unspecified atom stereocenters. The first-order valence-electron chi connectivity index (χ1n) is 9.06. The maximum absolute atomic E-state index is 12.9. The van der Waals surface area contributed by atoms with E-state index in [9.17, 15) is 9.59 Å². The molecule has 0 bridgehead atoms. The van der Waals surface area contributed by atoms with Gasteiger partial charge in [0.25, 0.3) is 0 Å². The van der Waals surface area contributed by atoms with E-state index in [0.29, 0.717) is 22.9 Å². The van der Waals surface area contributed by atoms with Crippen molar-refractivity contribution in [3.05, 3.63) is 54.6 Å². The Labute approximate surface area is 167 Å². The van der Waals surface area contributed by atoms with Gasteiger partial charge in [-0.15, -0.1) is 0 Å². The summed E-state index contributed by atoms with van der Waals surface area (Å²) in [6, 6.07) is 15.5. The first-order valence-corrected chi connectivity index (χ1v) is 9.06. The van der Waals surface area contributed by atoms with Crippen molar-refractivity contribution in [2.45, 2.75) is 12.5 Å². The topological polar surface area (TPSA) is 94.5 Å². The summed E-state index contributed by atoms with van der Waals surface area (Å²) in [6.07, 6.45) is 0.00648. The van der Waals surface area contributed by atoms with Crippen LogP contribution in [0.5, 0.6) is 11.5 Å². The highest BCUT2D eigenvalue weighted by molar-refractivity contribution is 6.01. The number of rotatable bonds is 5. The van der Waals surface area contributed by atoms with Crippen LogP contribution < -0.4 is 20.1 Å². The predicted molar refractivity (Wildman–Crippen MR) is 108 cm³/mol. The first-order chi connectivity index (χ1) is 14.1. The minimum Gasteiger partial charge on any atom is -0.497 e. The van der Waals surface area contributed by atoms with Gasteiger partial charge in [0.2, 0.25) is 11.8 Å². The number of carbonyl (C=O) groups is 2. The number of anilines is 2. The van der Waals surface area contributed by atoms with Crippen molar-refractivity contribution in [3.8, 4) is 22.8 Å². The maximum Gasteiger partial charge on any atom is 0.249 e. The quantitative estimate of drug-likeness (QED) is 0.696. The molecule has 1 aliphatic heterocycles. The van der Waals surface area contributed by atoms with Crippen LogP contribution in [0.1, 0.15) is 12.5 Å². The van der Waals surface area contributed by atoms with Crippen LogP contribution in [0.4, 0.5) is 11.5 Å². The summed E-state index contributed by atoms with van der Waals surface area (Å²) in [5.74, 6) is 1.30. The molecule has 3 aromatic rings. The minimum absolute atomic E-state index is 0.00648. The van der Waals surface area contributed by atoms with Crippen LogP contribution in [-0.2, 0) is 9.59 Å². The van der Waals surface area contributed by atoms with E-state index in [1.165, 1.54) is 0 Å². The van der Waals surface area contributed by atoms with Gasteiger partial charge in [0.1, 0.15) is 23.4 Å². The number of benzene rings is 2. The molecule has 2 aromatic carbocycles. The fraction of sp³-hybridized carbons (Fsp3) is 0.190. The highest BCUT2D eigenvalue weighted by Crippen LogP contribution is 2.31. The first kappa shape index (κ1) is 18.5. The van der Waals surface area contributed by atoms with Gasteiger partial charge >= 0.3 is 0 Å². The lowest BCUT2D eigenvalue weighted by Crippen LogP contribution is -2.35. The highest BCUT2D eigenvalue weighted by Gasteiger charge is 2.32. The Morgan fingerprint density at radius 2 is 1.86 bits per heavy atom. The molecule has 0 saturated carbocycles. The van der Waals surface area contributed by atoms with Gasteiger partial charge in [0, 0.05) is 23.4 Å². The van der Waals surface area contributed by atoms with E-state index in [0.717, 1.165) is 11.3 Å². The average molecular weight is 392 g/mol. The van der Waals surface area contributed by atoms with E-state index in [1.54, 1.807) is 49.2 Å². The van der Waals surface area contributed by atoms with E-state index in [1.807, 2.05) is 24.3 Å². The number of hydrogen-bond acceptors (Lipinski definition) is 5. The standard InChI is InChI=1S/C21H20N4O4/c1-28-15-8-6-13(7-9-15)17-11-19-23-20(26)12-18(25(19)24-17)21(27)22-14-4-3-5-16(10-14)29-2/h3-11,18H,12H2,1-2H3,(H,22,27)(H,23,26). The Kier molecular flexibility index (Phi) is 4.90. The lowest BCUT2D eigenvalue weighted by atomic mass is 10.1. The zero-order valence-electron chi connectivity index (χ0n) is 16.0. The van der Waals surface area contributed by atoms with E-state index in [2.05, 4.69) is 15.7 Å². The number of methoxy groups -OCH3 is 2. The minimum atomic E-state index is -0.753. The van der Waals surface area contributed by atoms with Crippen molar-refractivity contribution in [2.75, 3.05) is 24.9 Å². The molecular weight excluding hydrogens is 372 g/mol. The van der Waals surface area contributed by atoms with Gasteiger partial charge in [-0.3, -0.25) is 9.59 Å². The van der Waals surface area contributed by atoms with Crippen LogP contribution in [0.25, 0.3) is 11.3 Å². The molecular formula is C21H20N4O4. The number of hydrogen-bond donors (Lipinski definition) is 2. The largest absolute Gasteiger partial charge is 0.497 e. The predicted octanol–water partition coefficient (Wildman–Crippen LogP) is 3.09. The third-order valence-electron chi connectivity index (χ3n) is 4.70. The van der Waals surface area contributed by atoms with Gasteiger partial charge in [-0.1, -0.05) is 6.07 Å². The Morgan fingerprint density at radius 3 is 2.59 bits per heavy atom. The second kappa shape index (κ2) is 7.67. The molecule has 0 saturated heterocycles.